The number of amides is 1. The number of alkyl halides is 1. The molecule has 18 heavy (non-hydrogen) atoms. The number of carbonyl (C=O) groups is 2. The third-order valence-electron chi connectivity index (χ3n) is 1.84. The SMILES string of the molecule is CN(C)NC(=O)C(Cl)OC(=O)c1ccccc1Cl. The highest BCUT2D eigenvalue weighted by atomic mass is 35.5. The van der Waals surface area contributed by atoms with Gasteiger partial charge in [0.1, 0.15) is 0 Å². The maximum Gasteiger partial charge on any atom is 0.341 e. The van der Waals surface area contributed by atoms with Gasteiger partial charge in [-0.2, -0.15) is 0 Å². The van der Waals surface area contributed by atoms with Crippen LogP contribution in [0.25, 0.3) is 0 Å². The van der Waals surface area contributed by atoms with Crippen molar-refractivity contribution in [1.82, 2.24) is 10.4 Å². The van der Waals surface area contributed by atoms with E-state index in [2.05, 4.69) is 5.43 Å². The van der Waals surface area contributed by atoms with Crippen LogP contribution in [0.5, 0.6) is 0 Å². The first kappa shape index (κ1) is 14.8. The quantitative estimate of drug-likeness (QED) is 0.520. The second kappa shape index (κ2) is 6.58. The lowest BCUT2D eigenvalue weighted by Crippen LogP contribution is -2.42. The molecule has 1 aromatic rings. The summed E-state index contributed by atoms with van der Waals surface area (Å²) in [6.07, 6.45) is 0. The van der Waals surface area contributed by atoms with Gasteiger partial charge in [-0.05, 0) is 12.1 Å². The number of halogens is 2. The first-order chi connectivity index (χ1) is 8.41. The second-order valence-corrected chi connectivity index (χ2v) is 4.38. The van der Waals surface area contributed by atoms with Crippen LogP contribution < -0.4 is 5.43 Å². The third-order valence-corrected chi connectivity index (χ3v) is 2.46. The van der Waals surface area contributed by atoms with Crippen molar-refractivity contribution in [3.63, 3.8) is 0 Å². The second-order valence-electron chi connectivity index (χ2n) is 3.57. The summed E-state index contributed by atoms with van der Waals surface area (Å²) < 4.78 is 4.78. The molecular weight excluding hydrogens is 279 g/mol. The molecule has 0 aliphatic heterocycles. The molecule has 0 saturated heterocycles. The fraction of sp³-hybridized carbons (Fsp3) is 0.273. The van der Waals surface area contributed by atoms with Crippen LogP contribution in [0, 0.1) is 0 Å². The van der Waals surface area contributed by atoms with E-state index in [4.69, 9.17) is 27.9 Å². The molecule has 7 heteroatoms. The Bertz CT molecular complexity index is 452. The molecule has 5 nitrogen and oxygen atoms in total. The van der Waals surface area contributed by atoms with Crippen molar-refractivity contribution in [3.8, 4) is 0 Å². The van der Waals surface area contributed by atoms with Crippen molar-refractivity contribution in [2.75, 3.05) is 14.1 Å². The van der Waals surface area contributed by atoms with E-state index in [-0.39, 0.29) is 10.6 Å². The van der Waals surface area contributed by atoms with Gasteiger partial charge in [0.05, 0.1) is 10.6 Å². The van der Waals surface area contributed by atoms with Crippen LogP contribution in [0.4, 0.5) is 0 Å². The van der Waals surface area contributed by atoms with Crippen LogP contribution in [0.3, 0.4) is 0 Å². The molecule has 0 saturated carbocycles. The number of ether oxygens (including phenoxy) is 1. The fourth-order valence-electron chi connectivity index (χ4n) is 1.11. The molecule has 0 fully saturated rings. The Hall–Kier alpha value is -1.30. The van der Waals surface area contributed by atoms with Gasteiger partial charge in [-0.3, -0.25) is 10.2 Å². The third kappa shape index (κ3) is 4.18. The Balaban J connectivity index is 2.65. The Morgan fingerprint density at radius 3 is 2.50 bits per heavy atom. The number of rotatable bonds is 4. The zero-order valence-corrected chi connectivity index (χ0v) is 11.3. The van der Waals surface area contributed by atoms with E-state index in [9.17, 15) is 9.59 Å². The molecule has 98 valence electrons. The minimum atomic E-state index is -1.42. The van der Waals surface area contributed by atoms with Crippen LogP contribution in [0.2, 0.25) is 5.02 Å². The van der Waals surface area contributed by atoms with Gasteiger partial charge in [-0.15, -0.1) is 0 Å². The summed E-state index contributed by atoms with van der Waals surface area (Å²) in [6, 6.07) is 6.33. The van der Waals surface area contributed by atoms with E-state index in [1.54, 1.807) is 32.3 Å². The van der Waals surface area contributed by atoms with Gasteiger partial charge in [0.2, 0.25) is 0 Å². The molecule has 0 aromatic heterocycles. The average molecular weight is 291 g/mol. The van der Waals surface area contributed by atoms with Gasteiger partial charge >= 0.3 is 5.97 Å². The van der Waals surface area contributed by atoms with E-state index in [0.29, 0.717) is 0 Å². The predicted octanol–water partition coefficient (Wildman–Crippen LogP) is 1.65. The Labute approximate surface area is 115 Å². The van der Waals surface area contributed by atoms with E-state index in [1.807, 2.05) is 0 Å². The molecule has 1 rings (SSSR count). The highest BCUT2D eigenvalue weighted by molar-refractivity contribution is 6.34. The number of hydrogen-bond donors (Lipinski definition) is 1. The number of nitrogens with one attached hydrogen (secondary N) is 1. The van der Waals surface area contributed by atoms with E-state index >= 15 is 0 Å². The van der Waals surface area contributed by atoms with Gasteiger partial charge in [-0.25, -0.2) is 9.80 Å². The standard InChI is InChI=1S/C11H12Cl2N2O3/c1-15(2)14-10(16)9(13)18-11(17)7-5-3-4-6-8(7)12/h3-6,9H,1-2H3,(H,14,16). The maximum absolute atomic E-state index is 11.7. The number of esters is 1. The van der Waals surface area contributed by atoms with Gasteiger partial charge in [0.25, 0.3) is 11.5 Å². The van der Waals surface area contributed by atoms with Gasteiger partial charge in [-0.1, -0.05) is 35.3 Å². The lowest BCUT2D eigenvalue weighted by molar-refractivity contribution is -0.130. The lowest BCUT2D eigenvalue weighted by Gasteiger charge is -2.15. The predicted molar refractivity (Wildman–Crippen MR) is 68.3 cm³/mol. The number of hydrogen-bond acceptors (Lipinski definition) is 4. The molecule has 1 unspecified atom stereocenters. The summed E-state index contributed by atoms with van der Waals surface area (Å²) >= 11 is 11.5. The topological polar surface area (TPSA) is 58.6 Å². The van der Waals surface area contributed by atoms with Gasteiger partial charge in [0, 0.05) is 14.1 Å². The van der Waals surface area contributed by atoms with Crippen molar-refractivity contribution < 1.29 is 14.3 Å². The Morgan fingerprint density at radius 1 is 1.33 bits per heavy atom. The monoisotopic (exact) mass is 290 g/mol. The zero-order chi connectivity index (χ0) is 13.7. The molecule has 1 aromatic carbocycles. The lowest BCUT2D eigenvalue weighted by atomic mass is 10.2. The first-order valence-corrected chi connectivity index (χ1v) is 5.80. The number of benzene rings is 1. The molecule has 0 radical (unpaired) electrons. The van der Waals surface area contributed by atoms with Gasteiger partial charge in [0.15, 0.2) is 0 Å². The Morgan fingerprint density at radius 2 is 1.94 bits per heavy atom. The number of nitrogens with zero attached hydrogens (tertiary/aromatic N) is 1. The van der Waals surface area contributed by atoms with Crippen molar-refractivity contribution in [2.45, 2.75) is 5.56 Å². The van der Waals surface area contributed by atoms with Crippen LogP contribution in [-0.4, -0.2) is 36.5 Å². The van der Waals surface area contributed by atoms with Crippen molar-refractivity contribution in [2.24, 2.45) is 0 Å². The molecule has 0 heterocycles. The minimum absolute atomic E-state index is 0.155. The largest absolute Gasteiger partial charge is 0.432 e. The summed E-state index contributed by atoms with van der Waals surface area (Å²) in [6.45, 7) is 0. The summed E-state index contributed by atoms with van der Waals surface area (Å²) in [7, 11) is 3.22. The molecule has 0 aliphatic rings. The Kier molecular flexibility index (Phi) is 5.40. The van der Waals surface area contributed by atoms with E-state index < -0.39 is 17.4 Å². The van der Waals surface area contributed by atoms with Crippen molar-refractivity contribution in [3.05, 3.63) is 34.9 Å². The highest BCUT2D eigenvalue weighted by Gasteiger charge is 2.22. The summed E-state index contributed by atoms with van der Waals surface area (Å²) in [5, 5.41) is 1.63. The molecule has 0 bridgehead atoms. The molecule has 1 N–H and O–H groups in total. The smallest absolute Gasteiger partial charge is 0.341 e. The highest BCUT2D eigenvalue weighted by Crippen LogP contribution is 2.17. The maximum atomic E-state index is 11.7. The van der Waals surface area contributed by atoms with Crippen molar-refractivity contribution >= 4 is 35.1 Å². The molecule has 1 amide bonds. The van der Waals surface area contributed by atoms with Crippen LogP contribution in [0.1, 0.15) is 10.4 Å². The minimum Gasteiger partial charge on any atom is -0.432 e. The molecule has 1 atom stereocenters. The van der Waals surface area contributed by atoms with Gasteiger partial charge < -0.3 is 4.74 Å². The fourth-order valence-corrected chi connectivity index (χ4v) is 1.45. The molecular formula is C11H12Cl2N2O3. The molecule has 0 aliphatic carbocycles. The normalized spacial score (nSPS) is 12.1. The van der Waals surface area contributed by atoms with Crippen LogP contribution in [0.15, 0.2) is 24.3 Å². The number of hydrazine groups is 1. The zero-order valence-electron chi connectivity index (χ0n) is 9.81. The van der Waals surface area contributed by atoms with Crippen molar-refractivity contribution in [1.29, 1.82) is 0 Å². The summed E-state index contributed by atoms with van der Waals surface area (Å²) in [5.41, 5.74) is 1.10. The van der Waals surface area contributed by atoms with E-state index in [1.165, 1.54) is 11.1 Å². The van der Waals surface area contributed by atoms with Crippen LogP contribution in [-0.2, 0) is 9.53 Å². The van der Waals surface area contributed by atoms with E-state index in [0.717, 1.165) is 0 Å². The van der Waals surface area contributed by atoms with Crippen LogP contribution >= 0.6 is 23.2 Å². The average Bonchev–Trinajstić information content (AvgIpc) is 2.28. The summed E-state index contributed by atoms with van der Waals surface area (Å²) in [4.78, 5) is 23.1. The number of carbonyl (C=O) groups excluding carboxylic acids is 2. The summed E-state index contributed by atoms with van der Waals surface area (Å²) in [5.74, 6) is -1.39. The first-order valence-electron chi connectivity index (χ1n) is 4.99. The molecule has 0 spiro atoms.